The number of nitro benzene ring substituents is 1. The smallest absolute Gasteiger partial charge is 0.283 e. The maximum atomic E-state index is 10.6. The second-order valence-electron chi connectivity index (χ2n) is 2.82. The molecule has 0 bridgehead atoms. The molecule has 2 rings (SSSR count). The van der Waals surface area contributed by atoms with Crippen molar-refractivity contribution in [2.45, 2.75) is 0 Å². The van der Waals surface area contributed by atoms with Crippen molar-refractivity contribution in [1.82, 2.24) is 0 Å². The number of nitrogens with one attached hydrogen (secondary N) is 1. The number of phenolic OH excluding ortho intramolecular Hbond substituents is 1. The summed E-state index contributed by atoms with van der Waals surface area (Å²) in [6.07, 6.45) is 1.60. The zero-order chi connectivity index (χ0) is 10.1. The lowest BCUT2D eigenvalue weighted by Crippen LogP contribution is -2.03. The number of aromatic amines is 1. The first kappa shape index (κ1) is 8.43. The van der Waals surface area contributed by atoms with Crippen LogP contribution < -0.4 is 4.98 Å². The number of nitro groups is 1. The summed E-state index contributed by atoms with van der Waals surface area (Å²) >= 11 is 0. The Bertz CT molecular complexity index is 510. The van der Waals surface area contributed by atoms with Crippen LogP contribution in [0.15, 0.2) is 30.5 Å². The highest BCUT2D eigenvalue weighted by Crippen LogP contribution is 2.28. The van der Waals surface area contributed by atoms with Crippen LogP contribution >= 0.6 is 0 Å². The normalized spacial score (nSPS) is 10.3. The van der Waals surface area contributed by atoms with E-state index in [1.54, 1.807) is 18.3 Å². The molecule has 0 fully saturated rings. The Balaban J connectivity index is 2.88. The quantitative estimate of drug-likeness (QED) is 0.544. The number of hydrogen-bond acceptors (Lipinski definition) is 3. The summed E-state index contributed by atoms with van der Waals surface area (Å²) in [7, 11) is 0. The number of aromatic nitrogens is 1. The summed E-state index contributed by atoms with van der Waals surface area (Å²) in [5.41, 5.74) is 0.358. The Hall–Kier alpha value is -2.17. The molecule has 70 valence electrons. The molecule has 0 saturated heterocycles. The van der Waals surface area contributed by atoms with Crippen molar-refractivity contribution >= 4 is 16.6 Å². The molecule has 0 amide bonds. The van der Waals surface area contributed by atoms with E-state index >= 15 is 0 Å². The molecule has 2 N–H and O–H groups in total. The predicted molar refractivity (Wildman–Crippen MR) is 48.8 cm³/mol. The first-order valence-electron chi connectivity index (χ1n) is 3.97. The van der Waals surface area contributed by atoms with Crippen LogP contribution in [0, 0.1) is 10.1 Å². The van der Waals surface area contributed by atoms with Crippen molar-refractivity contribution in [3.8, 4) is 5.75 Å². The molecule has 2 aromatic rings. The van der Waals surface area contributed by atoms with Gasteiger partial charge in [-0.3, -0.25) is 10.1 Å². The average Bonchev–Trinajstić information content (AvgIpc) is 2.18. The maximum absolute atomic E-state index is 10.6. The second kappa shape index (κ2) is 2.95. The molecule has 0 aliphatic heterocycles. The molecular weight excluding hydrogens is 184 g/mol. The van der Waals surface area contributed by atoms with Crippen molar-refractivity contribution in [3.05, 3.63) is 40.6 Å². The fourth-order valence-electron chi connectivity index (χ4n) is 1.35. The van der Waals surface area contributed by atoms with Gasteiger partial charge in [0, 0.05) is 12.1 Å². The molecule has 5 heteroatoms. The van der Waals surface area contributed by atoms with Crippen LogP contribution in [0.2, 0.25) is 0 Å². The van der Waals surface area contributed by atoms with Gasteiger partial charge in [-0.05, 0) is 12.1 Å². The van der Waals surface area contributed by atoms with Gasteiger partial charge in [0.25, 0.3) is 11.2 Å². The number of aromatic hydroxyl groups is 1. The van der Waals surface area contributed by atoms with E-state index in [1.807, 2.05) is 0 Å². The first-order chi connectivity index (χ1) is 6.70. The summed E-state index contributed by atoms with van der Waals surface area (Å²) in [6.45, 7) is 0. The number of phenols is 1. The van der Waals surface area contributed by atoms with Crippen molar-refractivity contribution in [3.63, 3.8) is 0 Å². The molecule has 0 aliphatic rings. The van der Waals surface area contributed by atoms with E-state index in [-0.39, 0.29) is 11.4 Å². The van der Waals surface area contributed by atoms with Crippen LogP contribution in [0.4, 0.5) is 5.69 Å². The predicted octanol–water partition coefficient (Wildman–Crippen LogP) is 1.27. The number of benzene rings is 1. The molecule has 0 spiro atoms. The zero-order valence-corrected chi connectivity index (χ0v) is 7.10. The SMILES string of the molecule is O=[N+]([O-])c1ccc(O)c2[nH+]cccc12. The van der Waals surface area contributed by atoms with Gasteiger partial charge >= 0.3 is 0 Å². The summed E-state index contributed by atoms with van der Waals surface area (Å²) in [5.74, 6) is 0.00574. The van der Waals surface area contributed by atoms with Crippen LogP contribution in [0.25, 0.3) is 10.9 Å². The van der Waals surface area contributed by atoms with Crippen molar-refractivity contribution in [1.29, 1.82) is 0 Å². The van der Waals surface area contributed by atoms with Gasteiger partial charge in [0.2, 0.25) is 0 Å². The minimum absolute atomic E-state index is 0.00574. The van der Waals surface area contributed by atoms with E-state index in [1.165, 1.54) is 12.1 Å². The highest BCUT2D eigenvalue weighted by atomic mass is 16.6. The van der Waals surface area contributed by atoms with E-state index in [2.05, 4.69) is 4.98 Å². The Morgan fingerprint density at radius 3 is 2.86 bits per heavy atom. The van der Waals surface area contributed by atoms with Crippen LogP contribution in [-0.2, 0) is 0 Å². The van der Waals surface area contributed by atoms with Crippen LogP contribution in [-0.4, -0.2) is 10.0 Å². The molecule has 14 heavy (non-hydrogen) atoms. The number of H-pyrrole nitrogens is 1. The van der Waals surface area contributed by atoms with E-state index in [4.69, 9.17) is 0 Å². The Kier molecular flexibility index (Phi) is 1.78. The number of pyridine rings is 1. The van der Waals surface area contributed by atoms with Gasteiger partial charge in [0.15, 0.2) is 11.9 Å². The maximum Gasteiger partial charge on any atom is 0.283 e. The Morgan fingerprint density at radius 1 is 1.36 bits per heavy atom. The summed E-state index contributed by atoms with van der Waals surface area (Å²) in [4.78, 5) is 12.9. The number of nitrogens with zero attached hydrogens (tertiary/aromatic N) is 1. The monoisotopic (exact) mass is 191 g/mol. The second-order valence-corrected chi connectivity index (χ2v) is 2.82. The number of fused-ring (bicyclic) bond motifs is 1. The lowest BCUT2D eigenvalue weighted by atomic mass is 10.2. The summed E-state index contributed by atoms with van der Waals surface area (Å²) in [6, 6.07) is 5.82. The first-order valence-corrected chi connectivity index (χ1v) is 3.97. The van der Waals surface area contributed by atoms with E-state index < -0.39 is 4.92 Å². The number of rotatable bonds is 1. The Labute approximate surface area is 78.8 Å². The highest BCUT2D eigenvalue weighted by molar-refractivity contribution is 5.89. The van der Waals surface area contributed by atoms with Gasteiger partial charge in [-0.1, -0.05) is 0 Å². The fourth-order valence-corrected chi connectivity index (χ4v) is 1.35. The van der Waals surface area contributed by atoms with Crippen molar-refractivity contribution in [2.24, 2.45) is 0 Å². The lowest BCUT2D eigenvalue weighted by molar-refractivity contribution is -0.384. The molecule has 0 atom stereocenters. The topological polar surface area (TPSA) is 77.5 Å². The molecule has 1 heterocycles. The molecule has 5 nitrogen and oxygen atoms in total. The standard InChI is InChI=1S/C9H6N2O3/c12-8-4-3-7(11(13)14)6-2-1-5-10-9(6)8/h1-5,12H/p+1. The summed E-state index contributed by atoms with van der Waals surface area (Å²) < 4.78 is 0. The molecule has 1 aromatic heterocycles. The molecule has 1 aromatic carbocycles. The zero-order valence-electron chi connectivity index (χ0n) is 7.10. The van der Waals surface area contributed by atoms with Crippen LogP contribution in [0.5, 0.6) is 5.75 Å². The largest absolute Gasteiger partial charge is 0.502 e. The van der Waals surface area contributed by atoms with Crippen LogP contribution in [0.3, 0.4) is 0 Å². The average molecular weight is 191 g/mol. The third-order valence-corrected chi connectivity index (χ3v) is 1.98. The minimum atomic E-state index is -0.477. The van der Waals surface area contributed by atoms with E-state index in [0.29, 0.717) is 10.9 Å². The molecule has 0 unspecified atom stereocenters. The van der Waals surface area contributed by atoms with Crippen molar-refractivity contribution < 1.29 is 15.0 Å². The van der Waals surface area contributed by atoms with Gasteiger partial charge in [0.1, 0.15) is 5.39 Å². The fraction of sp³-hybridized carbons (Fsp3) is 0. The molecule has 0 saturated carbocycles. The lowest BCUT2D eigenvalue weighted by Gasteiger charge is -1.95. The van der Waals surface area contributed by atoms with Gasteiger partial charge < -0.3 is 5.11 Å². The van der Waals surface area contributed by atoms with Gasteiger partial charge in [-0.2, -0.15) is 0 Å². The van der Waals surface area contributed by atoms with Gasteiger partial charge in [0.05, 0.1) is 4.92 Å². The van der Waals surface area contributed by atoms with Crippen LogP contribution in [0.1, 0.15) is 0 Å². The van der Waals surface area contributed by atoms with E-state index in [9.17, 15) is 15.2 Å². The van der Waals surface area contributed by atoms with E-state index in [0.717, 1.165) is 0 Å². The third kappa shape index (κ3) is 1.15. The number of non-ortho nitro benzene ring substituents is 1. The summed E-state index contributed by atoms with van der Waals surface area (Å²) in [5, 5.41) is 20.5. The minimum Gasteiger partial charge on any atom is -0.502 e. The third-order valence-electron chi connectivity index (χ3n) is 1.98. The molecule has 0 aliphatic carbocycles. The molecule has 0 radical (unpaired) electrons. The highest BCUT2D eigenvalue weighted by Gasteiger charge is 2.17. The Morgan fingerprint density at radius 2 is 2.14 bits per heavy atom. The van der Waals surface area contributed by atoms with Crippen molar-refractivity contribution in [2.75, 3.05) is 0 Å². The van der Waals surface area contributed by atoms with Gasteiger partial charge in [-0.25, -0.2) is 4.98 Å². The van der Waals surface area contributed by atoms with Gasteiger partial charge in [-0.15, -0.1) is 0 Å². The number of hydrogen-bond donors (Lipinski definition) is 1. The molecular formula is C9H7N2O3+.